The number of carbonyl (C=O) groups is 1. The van der Waals surface area contributed by atoms with Gasteiger partial charge in [-0.15, -0.1) is 0 Å². The van der Waals surface area contributed by atoms with E-state index in [2.05, 4.69) is 24.5 Å². The van der Waals surface area contributed by atoms with Crippen LogP contribution in [0.25, 0.3) is 0 Å². The van der Waals surface area contributed by atoms with Gasteiger partial charge >= 0.3 is 0 Å². The Kier molecular flexibility index (Phi) is 5.47. The highest BCUT2D eigenvalue weighted by molar-refractivity contribution is 7.99. The molecule has 2 atom stereocenters. The first-order valence-corrected chi connectivity index (χ1v) is 6.89. The van der Waals surface area contributed by atoms with Crippen LogP contribution in [0.15, 0.2) is 0 Å². The third-order valence-corrected chi connectivity index (χ3v) is 4.04. The Bertz CT molecular complexity index is 207. The van der Waals surface area contributed by atoms with Crippen LogP contribution in [0.1, 0.15) is 20.8 Å². The second-order valence-corrected chi connectivity index (χ2v) is 5.60. The van der Waals surface area contributed by atoms with Crippen LogP contribution in [-0.2, 0) is 4.79 Å². The first-order valence-electron chi connectivity index (χ1n) is 5.74. The molecule has 1 aliphatic heterocycles. The van der Waals surface area contributed by atoms with Crippen molar-refractivity contribution in [2.45, 2.75) is 26.8 Å². The van der Waals surface area contributed by atoms with Crippen LogP contribution in [0.2, 0.25) is 0 Å². The van der Waals surface area contributed by atoms with Gasteiger partial charge in [0.1, 0.15) is 0 Å². The molecule has 1 fully saturated rings. The molecule has 15 heavy (non-hydrogen) atoms. The second kappa shape index (κ2) is 6.38. The van der Waals surface area contributed by atoms with Gasteiger partial charge in [-0.2, -0.15) is 11.8 Å². The SMILES string of the molecule is CCSCC(C)NC(=O)C(C)C1CNC1. The van der Waals surface area contributed by atoms with Crippen molar-refractivity contribution >= 4 is 17.7 Å². The fourth-order valence-electron chi connectivity index (χ4n) is 1.59. The van der Waals surface area contributed by atoms with Crippen LogP contribution in [0.4, 0.5) is 0 Å². The molecule has 0 aliphatic carbocycles. The first kappa shape index (κ1) is 12.8. The maximum atomic E-state index is 11.8. The van der Waals surface area contributed by atoms with E-state index in [9.17, 15) is 4.79 Å². The van der Waals surface area contributed by atoms with E-state index in [0.29, 0.717) is 5.92 Å². The number of amides is 1. The van der Waals surface area contributed by atoms with Crippen LogP contribution in [-0.4, -0.2) is 36.5 Å². The summed E-state index contributed by atoms with van der Waals surface area (Å²) in [5, 5.41) is 6.28. The van der Waals surface area contributed by atoms with Gasteiger partial charge in [0.2, 0.25) is 5.91 Å². The fourth-order valence-corrected chi connectivity index (χ4v) is 2.26. The average Bonchev–Trinajstić information content (AvgIpc) is 2.11. The summed E-state index contributed by atoms with van der Waals surface area (Å²) in [4.78, 5) is 11.8. The molecule has 3 nitrogen and oxygen atoms in total. The monoisotopic (exact) mass is 230 g/mol. The molecule has 1 heterocycles. The molecule has 0 aromatic rings. The average molecular weight is 230 g/mol. The standard InChI is InChI=1S/C11H22N2OS/c1-4-15-7-8(2)13-11(14)9(3)10-5-12-6-10/h8-10,12H,4-7H2,1-3H3,(H,13,14). The van der Waals surface area contributed by atoms with Gasteiger partial charge in [0, 0.05) is 17.7 Å². The van der Waals surface area contributed by atoms with Crippen molar-refractivity contribution in [1.82, 2.24) is 10.6 Å². The summed E-state index contributed by atoms with van der Waals surface area (Å²) in [6, 6.07) is 0.290. The van der Waals surface area contributed by atoms with Crippen LogP contribution in [0.3, 0.4) is 0 Å². The number of carbonyl (C=O) groups excluding carboxylic acids is 1. The molecule has 1 aliphatic rings. The highest BCUT2D eigenvalue weighted by Crippen LogP contribution is 2.16. The summed E-state index contributed by atoms with van der Waals surface area (Å²) >= 11 is 1.87. The van der Waals surface area contributed by atoms with Crippen molar-refractivity contribution in [2.24, 2.45) is 11.8 Å². The number of hydrogen-bond acceptors (Lipinski definition) is 3. The van der Waals surface area contributed by atoms with Crippen molar-refractivity contribution in [2.75, 3.05) is 24.6 Å². The highest BCUT2D eigenvalue weighted by Gasteiger charge is 2.28. The van der Waals surface area contributed by atoms with E-state index in [1.807, 2.05) is 18.7 Å². The summed E-state index contributed by atoms with van der Waals surface area (Å²) in [6.45, 7) is 8.23. The predicted octanol–water partition coefficient (Wildman–Crippen LogP) is 1.10. The van der Waals surface area contributed by atoms with Crippen molar-refractivity contribution < 1.29 is 4.79 Å². The minimum atomic E-state index is 0.153. The molecule has 0 radical (unpaired) electrons. The van der Waals surface area contributed by atoms with Crippen LogP contribution in [0.5, 0.6) is 0 Å². The zero-order valence-corrected chi connectivity index (χ0v) is 10.7. The van der Waals surface area contributed by atoms with Gasteiger partial charge in [0.15, 0.2) is 0 Å². The van der Waals surface area contributed by atoms with E-state index in [1.54, 1.807) is 0 Å². The Morgan fingerprint density at radius 1 is 1.53 bits per heavy atom. The van der Waals surface area contributed by atoms with Crippen molar-refractivity contribution in [3.8, 4) is 0 Å². The highest BCUT2D eigenvalue weighted by atomic mass is 32.2. The predicted molar refractivity (Wildman–Crippen MR) is 66.1 cm³/mol. The van der Waals surface area contributed by atoms with Gasteiger partial charge in [-0.3, -0.25) is 4.79 Å². The van der Waals surface area contributed by atoms with E-state index < -0.39 is 0 Å². The second-order valence-electron chi connectivity index (χ2n) is 4.28. The third kappa shape index (κ3) is 4.03. The molecule has 0 spiro atoms. The molecule has 2 N–H and O–H groups in total. The summed E-state index contributed by atoms with van der Waals surface area (Å²) < 4.78 is 0. The topological polar surface area (TPSA) is 41.1 Å². The lowest BCUT2D eigenvalue weighted by atomic mass is 9.88. The smallest absolute Gasteiger partial charge is 0.223 e. The Hall–Kier alpha value is -0.220. The molecular weight excluding hydrogens is 208 g/mol. The minimum absolute atomic E-state index is 0.153. The van der Waals surface area contributed by atoms with E-state index in [-0.39, 0.29) is 17.9 Å². The van der Waals surface area contributed by atoms with Gasteiger partial charge in [0.05, 0.1) is 0 Å². The lowest BCUT2D eigenvalue weighted by Crippen LogP contribution is -2.50. The summed E-state index contributed by atoms with van der Waals surface area (Å²) in [6.07, 6.45) is 0. The summed E-state index contributed by atoms with van der Waals surface area (Å²) in [5.41, 5.74) is 0. The zero-order chi connectivity index (χ0) is 11.3. The van der Waals surface area contributed by atoms with E-state index in [0.717, 1.165) is 24.6 Å². The van der Waals surface area contributed by atoms with E-state index in [4.69, 9.17) is 0 Å². The lowest BCUT2D eigenvalue weighted by Gasteiger charge is -2.32. The largest absolute Gasteiger partial charge is 0.353 e. The minimum Gasteiger partial charge on any atom is -0.353 e. The van der Waals surface area contributed by atoms with Crippen LogP contribution in [0, 0.1) is 11.8 Å². The molecule has 0 aromatic heterocycles. The Morgan fingerprint density at radius 3 is 2.67 bits per heavy atom. The lowest BCUT2D eigenvalue weighted by molar-refractivity contribution is -0.127. The Morgan fingerprint density at radius 2 is 2.20 bits per heavy atom. The normalized spacial score (nSPS) is 20.5. The molecule has 1 amide bonds. The number of rotatable bonds is 6. The zero-order valence-electron chi connectivity index (χ0n) is 9.88. The van der Waals surface area contributed by atoms with Crippen molar-refractivity contribution in [3.63, 3.8) is 0 Å². The molecule has 88 valence electrons. The molecule has 4 heteroatoms. The van der Waals surface area contributed by atoms with E-state index >= 15 is 0 Å². The van der Waals surface area contributed by atoms with E-state index in [1.165, 1.54) is 0 Å². The molecule has 0 saturated carbocycles. The third-order valence-electron chi connectivity index (χ3n) is 2.89. The number of nitrogens with one attached hydrogen (secondary N) is 2. The Balaban J connectivity index is 2.21. The fraction of sp³-hybridized carbons (Fsp3) is 0.909. The maximum absolute atomic E-state index is 11.8. The molecule has 0 bridgehead atoms. The number of thioether (sulfide) groups is 1. The maximum Gasteiger partial charge on any atom is 0.223 e. The van der Waals surface area contributed by atoms with Crippen molar-refractivity contribution in [3.05, 3.63) is 0 Å². The molecule has 1 saturated heterocycles. The van der Waals surface area contributed by atoms with Gasteiger partial charge < -0.3 is 10.6 Å². The number of hydrogen-bond donors (Lipinski definition) is 2. The van der Waals surface area contributed by atoms with Gasteiger partial charge in [0.25, 0.3) is 0 Å². The molecule has 0 aromatic carbocycles. The van der Waals surface area contributed by atoms with Crippen LogP contribution >= 0.6 is 11.8 Å². The first-order chi connectivity index (χ1) is 7.15. The van der Waals surface area contributed by atoms with Gasteiger partial charge in [-0.25, -0.2) is 0 Å². The summed E-state index contributed by atoms with van der Waals surface area (Å²) in [5.74, 6) is 3.03. The van der Waals surface area contributed by atoms with Gasteiger partial charge in [-0.05, 0) is 31.7 Å². The van der Waals surface area contributed by atoms with Gasteiger partial charge in [-0.1, -0.05) is 13.8 Å². The molecular formula is C11H22N2OS. The van der Waals surface area contributed by atoms with Crippen LogP contribution < -0.4 is 10.6 Å². The molecule has 2 unspecified atom stereocenters. The summed E-state index contributed by atoms with van der Waals surface area (Å²) in [7, 11) is 0. The van der Waals surface area contributed by atoms with Crippen molar-refractivity contribution in [1.29, 1.82) is 0 Å². The quantitative estimate of drug-likeness (QED) is 0.718. The molecule has 1 rings (SSSR count). The Labute approximate surface area is 96.8 Å².